The van der Waals surface area contributed by atoms with Gasteiger partial charge in [0.05, 0.1) is 0 Å². The molecule has 1 aromatic heterocycles. The van der Waals surface area contributed by atoms with E-state index in [1.807, 2.05) is 17.2 Å². The van der Waals surface area contributed by atoms with Gasteiger partial charge in [0, 0.05) is 64.0 Å². The van der Waals surface area contributed by atoms with Crippen molar-refractivity contribution in [1.82, 2.24) is 20.1 Å². The first-order chi connectivity index (χ1) is 13.1. The summed E-state index contributed by atoms with van der Waals surface area (Å²) in [6.07, 6.45) is 6.28. The van der Waals surface area contributed by atoms with Gasteiger partial charge in [0.1, 0.15) is 6.61 Å². The molecule has 0 aliphatic carbocycles. The molecule has 4 rings (SSSR count). The first kappa shape index (κ1) is 18.0. The molecule has 3 fully saturated rings. The maximum absolute atomic E-state index is 12.6. The predicted molar refractivity (Wildman–Crippen MR) is 97.0 cm³/mol. The molecule has 8 heteroatoms. The molecule has 146 valence electrons. The molecule has 8 nitrogen and oxygen atoms in total. The highest BCUT2D eigenvalue weighted by atomic mass is 16.8. The summed E-state index contributed by atoms with van der Waals surface area (Å²) in [6.45, 7) is 4.32. The molecule has 1 N–H and O–H groups in total. The Kier molecular flexibility index (Phi) is 5.15. The molecule has 27 heavy (non-hydrogen) atoms. The molecular weight excluding hydrogens is 348 g/mol. The second kappa shape index (κ2) is 7.72. The van der Waals surface area contributed by atoms with Crippen LogP contribution in [0.3, 0.4) is 0 Å². The number of nitrogens with one attached hydrogen (secondary N) is 1. The van der Waals surface area contributed by atoms with Crippen LogP contribution in [0.15, 0.2) is 24.5 Å². The van der Waals surface area contributed by atoms with Crippen molar-refractivity contribution in [2.45, 2.75) is 43.9 Å². The summed E-state index contributed by atoms with van der Waals surface area (Å²) in [7, 11) is 0. The maximum atomic E-state index is 12.6. The zero-order valence-corrected chi connectivity index (χ0v) is 15.4. The lowest BCUT2D eigenvalue weighted by Gasteiger charge is -2.38. The largest absolute Gasteiger partial charge is 0.509 e. The normalized spacial score (nSPS) is 23.1. The van der Waals surface area contributed by atoms with Crippen LogP contribution in [0.2, 0.25) is 0 Å². The Labute approximate surface area is 158 Å². The summed E-state index contributed by atoms with van der Waals surface area (Å²) in [5.74, 6) is 0. The SMILES string of the molecule is O=C1OCC2(CCN(C(=O)NC3CCN(Cc4cccnc4)CC3)CC2)O1. The van der Waals surface area contributed by atoms with Crippen molar-refractivity contribution in [3.8, 4) is 0 Å². The Morgan fingerprint density at radius 2 is 2.04 bits per heavy atom. The number of hydrogen-bond acceptors (Lipinski definition) is 6. The maximum Gasteiger partial charge on any atom is 0.509 e. The van der Waals surface area contributed by atoms with Crippen LogP contribution in [0.4, 0.5) is 9.59 Å². The average Bonchev–Trinajstić information content (AvgIpc) is 3.05. The number of carbonyl (C=O) groups excluding carboxylic acids is 2. The number of piperidine rings is 2. The Balaban J connectivity index is 1.19. The van der Waals surface area contributed by atoms with Crippen LogP contribution in [0.1, 0.15) is 31.2 Å². The number of amides is 2. The number of carbonyl (C=O) groups is 2. The monoisotopic (exact) mass is 374 g/mol. The minimum absolute atomic E-state index is 0.0131. The third kappa shape index (κ3) is 4.32. The fraction of sp³-hybridized carbons (Fsp3) is 0.632. The highest BCUT2D eigenvalue weighted by Gasteiger charge is 2.45. The van der Waals surface area contributed by atoms with Gasteiger partial charge < -0.3 is 19.7 Å². The quantitative estimate of drug-likeness (QED) is 0.812. The van der Waals surface area contributed by atoms with E-state index >= 15 is 0 Å². The number of pyridine rings is 1. The van der Waals surface area contributed by atoms with Gasteiger partial charge in [0.2, 0.25) is 0 Å². The number of rotatable bonds is 3. The molecule has 1 spiro atoms. The number of hydrogen-bond donors (Lipinski definition) is 1. The summed E-state index contributed by atoms with van der Waals surface area (Å²) >= 11 is 0. The zero-order valence-electron chi connectivity index (χ0n) is 15.4. The van der Waals surface area contributed by atoms with E-state index in [0.29, 0.717) is 32.5 Å². The Bertz CT molecular complexity index is 668. The Hall–Kier alpha value is -2.35. The van der Waals surface area contributed by atoms with Crippen LogP contribution in [0.5, 0.6) is 0 Å². The van der Waals surface area contributed by atoms with E-state index in [0.717, 1.165) is 32.5 Å². The number of cyclic esters (lactones) is 1. The number of aromatic nitrogens is 1. The molecule has 0 radical (unpaired) electrons. The number of nitrogens with zero attached hydrogens (tertiary/aromatic N) is 3. The first-order valence-electron chi connectivity index (χ1n) is 9.64. The van der Waals surface area contributed by atoms with Gasteiger partial charge in [-0.25, -0.2) is 9.59 Å². The molecule has 0 unspecified atom stereocenters. The van der Waals surface area contributed by atoms with Gasteiger partial charge in [-0.2, -0.15) is 0 Å². The number of ether oxygens (including phenoxy) is 2. The van der Waals surface area contributed by atoms with Crippen molar-refractivity contribution in [3.05, 3.63) is 30.1 Å². The smallest absolute Gasteiger partial charge is 0.430 e. The van der Waals surface area contributed by atoms with E-state index in [2.05, 4.69) is 21.3 Å². The fourth-order valence-corrected chi connectivity index (χ4v) is 4.04. The minimum atomic E-state index is -0.592. The second-order valence-electron chi connectivity index (χ2n) is 7.67. The van der Waals surface area contributed by atoms with Crippen LogP contribution in [-0.4, -0.2) is 71.4 Å². The van der Waals surface area contributed by atoms with Crippen molar-refractivity contribution in [2.75, 3.05) is 32.8 Å². The first-order valence-corrected chi connectivity index (χ1v) is 9.64. The Morgan fingerprint density at radius 3 is 2.67 bits per heavy atom. The van der Waals surface area contributed by atoms with Gasteiger partial charge in [-0.1, -0.05) is 6.07 Å². The minimum Gasteiger partial charge on any atom is -0.430 e. The van der Waals surface area contributed by atoms with Crippen molar-refractivity contribution in [2.24, 2.45) is 0 Å². The van der Waals surface area contributed by atoms with Crippen molar-refractivity contribution < 1.29 is 19.1 Å². The van der Waals surface area contributed by atoms with Crippen LogP contribution < -0.4 is 5.32 Å². The fourth-order valence-electron chi connectivity index (χ4n) is 4.04. The lowest BCUT2D eigenvalue weighted by molar-refractivity contribution is 0.00891. The molecule has 4 heterocycles. The van der Waals surface area contributed by atoms with Gasteiger partial charge in [0.25, 0.3) is 0 Å². The summed E-state index contributed by atoms with van der Waals surface area (Å²) < 4.78 is 10.2. The van der Waals surface area contributed by atoms with E-state index in [1.165, 1.54) is 5.56 Å². The van der Waals surface area contributed by atoms with Crippen LogP contribution in [0, 0.1) is 0 Å². The summed E-state index contributed by atoms with van der Waals surface area (Å²) in [5.41, 5.74) is 0.699. The van der Waals surface area contributed by atoms with Gasteiger partial charge in [0.15, 0.2) is 5.60 Å². The molecule has 0 atom stereocenters. The third-order valence-corrected chi connectivity index (χ3v) is 5.76. The van der Waals surface area contributed by atoms with Crippen molar-refractivity contribution >= 4 is 12.2 Å². The van der Waals surface area contributed by atoms with Crippen LogP contribution in [0.25, 0.3) is 0 Å². The Morgan fingerprint density at radius 1 is 1.26 bits per heavy atom. The summed E-state index contributed by atoms with van der Waals surface area (Å²) in [6, 6.07) is 4.26. The lowest BCUT2D eigenvalue weighted by Crippen LogP contribution is -2.54. The summed E-state index contributed by atoms with van der Waals surface area (Å²) in [5, 5.41) is 3.17. The standard InChI is InChI=1S/C19H26N4O4/c24-17(23-10-5-19(6-11-23)14-26-18(25)27-19)21-16-3-8-22(9-4-16)13-15-2-1-7-20-12-15/h1-2,7,12,16H,3-6,8-11,13-14H2,(H,21,24). The predicted octanol–water partition coefficient (Wildman–Crippen LogP) is 1.76. The molecule has 1 aromatic rings. The average molecular weight is 374 g/mol. The van der Waals surface area contributed by atoms with E-state index < -0.39 is 11.8 Å². The highest BCUT2D eigenvalue weighted by Crippen LogP contribution is 2.31. The van der Waals surface area contributed by atoms with Gasteiger partial charge in [-0.3, -0.25) is 9.88 Å². The number of urea groups is 1. The molecule has 3 aliphatic heterocycles. The second-order valence-corrected chi connectivity index (χ2v) is 7.67. The lowest BCUT2D eigenvalue weighted by atomic mass is 9.92. The molecule has 0 aromatic carbocycles. The van der Waals surface area contributed by atoms with Gasteiger partial charge in [-0.05, 0) is 24.5 Å². The molecule has 3 saturated heterocycles. The van der Waals surface area contributed by atoms with Gasteiger partial charge in [-0.15, -0.1) is 0 Å². The topological polar surface area (TPSA) is 84.0 Å². The molecule has 0 bridgehead atoms. The van der Waals surface area contributed by atoms with Crippen molar-refractivity contribution in [3.63, 3.8) is 0 Å². The highest BCUT2D eigenvalue weighted by molar-refractivity contribution is 5.74. The van der Waals surface area contributed by atoms with E-state index in [9.17, 15) is 9.59 Å². The molecule has 3 aliphatic rings. The zero-order chi connectivity index (χ0) is 18.7. The van der Waals surface area contributed by atoms with E-state index in [4.69, 9.17) is 9.47 Å². The third-order valence-electron chi connectivity index (χ3n) is 5.76. The summed E-state index contributed by atoms with van der Waals surface area (Å²) in [4.78, 5) is 32.1. The molecule has 2 amide bonds. The van der Waals surface area contributed by atoms with E-state index in [1.54, 1.807) is 6.20 Å². The van der Waals surface area contributed by atoms with Gasteiger partial charge >= 0.3 is 12.2 Å². The van der Waals surface area contributed by atoms with Crippen molar-refractivity contribution in [1.29, 1.82) is 0 Å². The molecule has 0 saturated carbocycles. The molecular formula is C19H26N4O4. The number of likely N-dealkylation sites (tertiary alicyclic amines) is 2. The van der Waals surface area contributed by atoms with Crippen LogP contribution in [-0.2, 0) is 16.0 Å². The van der Waals surface area contributed by atoms with E-state index in [-0.39, 0.29) is 12.1 Å². The van der Waals surface area contributed by atoms with Crippen LogP contribution >= 0.6 is 0 Å².